The number of hydrogen-bond donors (Lipinski definition) is 4. The highest BCUT2D eigenvalue weighted by molar-refractivity contribution is 5.75. The maximum Gasteiger partial charge on any atom is 0.364 e. The maximum absolute atomic E-state index is 10.7. The minimum Gasteiger partial charge on any atom is -0.481 e. The second-order valence-electron chi connectivity index (χ2n) is 5.43. The molecule has 4 N–H and O–H groups in total. The fourth-order valence-corrected chi connectivity index (χ4v) is 1.66. The predicted molar refractivity (Wildman–Crippen MR) is 59.2 cm³/mol. The molecule has 0 amide bonds. The Hall–Kier alpha value is -1.14. The monoisotopic (exact) mass is 248 g/mol. The molecule has 1 unspecified atom stereocenters. The minimum atomic E-state index is -2.89. The molecule has 0 aliphatic carbocycles. The van der Waals surface area contributed by atoms with Crippen LogP contribution in [-0.4, -0.2) is 38.2 Å². The second-order valence-corrected chi connectivity index (χ2v) is 5.43. The molecule has 0 saturated heterocycles. The molecule has 0 aromatic rings. The van der Waals surface area contributed by atoms with E-state index in [1.165, 1.54) is 0 Å². The number of hydrogen-bond acceptors (Lipinski definition) is 4. The number of rotatable bonds is 6. The zero-order valence-electron chi connectivity index (χ0n) is 10.3. The van der Waals surface area contributed by atoms with E-state index in [1.54, 1.807) is 0 Å². The Morgan fingerprint density at radius 2 is 1.59 bits per heavy atom. The summed E-state index contributed by atoms with van der Waals surface area (Å²) in [7, 11) is 0. The Labute approximate surface area is 99.9 Å². The van der Waals surface area contributed by atoms with Crippen molar-refractivity contribution >= 4 is 11.9 Å². The van der Waals surface area contributed by atoms with Crippen LogP contribution in [0.15, 0.2) is 0 Å². The highest BCUT2D eigenvalue weighted by Gasteiger charge is 2.43. The van der Waals surface area contributed by atoms with E-state index in [1.807, 2.05) is 20.8 Å². The number of aliphatic hydroxyl groups is 2. The van der Waals surface area contributed by atoms with E-state index in [4.69, 9.17) is 10.2 Å². The molecule has 0 rings (SSSR count). The van der Waals surface area contributed by atoms with Crippen LogP contribution in [0.3, 0.4) is 0 Å². The Morgan fingerprint density at radius 1 is 1.12 bits per heavy atom. The average molecular weight is 248 g/mol. The standard InChI is InChI=1S/C11H20O6/c1-10(2,3)6-7(4-5-8(12)13)11(16,17)9(14)15/h7,16-17H,4-6H2,1-3H3,(H,12,13)(H,14,15). The van der Waals surface area contributed by atoms with Gasteiger partial charge in [0.15, 0.2) is 0 Å². The van der Waals surface area contributed by atoms with Crippen molar-refractivity contribution in [1.29, 1.82) is 0 Å². The highest BCUT2D eigenvalue weighted by atomic mass is 16.5. The van der Waals surface area contributed by atoms with E-state index >= 15 is 0 Å². The molecule has 6 heteroatoms. The topological polar surface area (TPSA) is 115 Å². The van der Waals surface area contributed by atoms with Gasteiger partial charge in [0.05, 0.1) is 0 Å². The average Bonchev–Trinajstić information content (AvgIpc) is 2.09. The number of carboxylic acids is 2. The molecule has 0 spiro atoms. The largest absolute Gasteiger partial charge is 0.481 e. The summed E-state index contributed by atoms with van der Waals surface area (Å²) in [4.78, 5) is 21.2. The summed E-state index contributed by atoms with van der Waals surface area (Å²) in [5.74, 6) is -6.75. The molecule has 17 heavy (non-hydrogen) atoms. The predicted octanol–water partition coefficient (Wildman–Crippen LogP) is 0.669. The van der Waals surface area contributed by atoms with Gasteiger partial charge in [-0.15, -0.1) is 0 Å². The lowest BCUT2D eigenvalue weighted by Crippen LogP contribution is -2.47. The third-order valence-electron chi connectivity index (χ3n) is 2.45. The van der Waals surface area contributed by atoms with E-state index in [0.717, 1.165) is 0 Å². The zero-order valence-corrected chi connectivity index (χ0v) is 10.3. The molecule has 100 valence electrons. The zero-order chi connectivity index (χ0) is 13.9. The molecule has 0 aliphatic heterocycles. The fourth-order valence-electron chi connectivity index (χ4n) is 1.66. The molecule has 0 saturated carbocycles. The minimum absolute atomic E-state index is 0.0914. The van der Waals surface area contributed by atoms with E-state index in [-0.39, 0.29) is 24.7 Å². The first kappa shape index (κ1) is 15.9. The van der Waals surface area contributed by atoms with Crippen molar-refractivity contribution in [3.63, 3.8) is 0 Å². The molecule has 0 aromatic carbocycles. The van der Waals surface area contributed by atoms with Gasteiger partial charge in [0.2, 0.25) is 0 Å². The molecule has 0 fully saturated rings. The Kier molecular flexibility index (Phi) is 5.10. The smallest absolute Gasteiger partial charge is 0.364 e. The van der Waals surface area contributed by atoms with Gasteiger partial charge in [0.1, 0.15) is 0 Å². The number of carbonyl (C=O) groups is 2. The first-order chi connectivity index (χ1) is 7.47. The normalized spacial score (nSPS) is 14.4. The van der Waals surface area contributed by atoms with Gasteiger partial charge in [-0.05, 0) is 18.3 Å². The summed E-state index contributed by atoms with van der Waals surface area (Å²) in [6.07, 6.45) is -0.178. The first-order valence-electron chi connectivity index (χ1n) is 5.36. The SMILES string of the molecule is CC(C)(C)CC(CCC(=O)O)C(O)(O)C(=O)O. The van der Waals surface area contributed by atoms with Gasteiger partial charge in [-0.2, -0.15) is 0 Å². The van der Waals surface area contributed by atoms with Crippen molar-refractivity contribution < 1.29 is 30.0 Å². The van der Waals surface area contributed by atoms with E-state index in [0.29, 0.717) is 0 Å². The number of aliphatic carboxylic acids is 2. The summed E-state index contributed by atoms with van der Waals surface area (Å²) in [6.45, 7) is 5.45. The molecule has 1 atom stereocenters. The van der Waals surface area contributed by atoms with Crippen molar-refractivity contribution in [2.24, 2.45) is 11.3 Å². The summed E-state index contributed by atoms with van der Waals surface area (Å²) < 4.78 is 0. The van der Waals surface area contributed by atoms with E-state index in [2.05, 4.69) is 0 Å². The quantitative estimate of drug-likeness (QED) is 0.513. The first-order valence-corrected chi connectivity index (χ1v) is 5.36. The lowest BCUT2D eigenvalue weighted by Gasteiger charge is -2.32. The van der Waals surface area contributed by atoms with Crippen LogP contribution in [0.2, 0.25) is 0 Å². The Balaban J connectivity index is 4.84. The van der Waals surface area contributed by atoms with E-state index in [9.17, 15) is 19.8 Å². The third-order valence-corrected chi connectivity index (χ3v) is 2.45. The second kappa shape index (κ2) is 5.46. The summed E-state index contributed by atoms with van der Waals surface area (Å²) in [5, 5.41) is 36.3. The summed E-state index contributed by atoms with van der Waals surface area (Å²) in [5.41, 5.74) is -0.324. The van der Waals surface area contributed by atoms with Crippen LogP contribution in [0.4, 0.5) is 0 Å². The van der Waals surface area contributed by atoms with Crippen LogP contribution in [0.5, 0.6) is 0 Å². The molecule has 0 bridgehead atoms. The molecular weight excluding hydrogens is 228 g/mol. The van der Waals surface area contributed by atoms with Crippen LogP contribution in [0.1, 0.15) is 40.0 Å². The molecule has 6 nitrogen and oxygen atoms in total. The van der Waals surface area contributed by atoms with Gasteiger partial charge in [0, 0.05) is 12.3 Å². The van der Waals surface area contributed by atoms with Gasteiger partial charge < -0.3 is 20.4 Å². The molecule has 0 heterocycles. The fraction of sp³-hybridized carbons (Fsp3) is 0.818. The van der Waals surface area contributed by atoms with Gasteiger partial charge in [-0.1, -0.05) is 20.8 Å². The van der Waals surface area contributed by atoms with E-state index < -0.39 is 23.6 Å². The molecular formula is C11H20O6. The highest BCUT2D eigenvalue weighted by Crippen LogP contribution is 2.33. The third kappa shape index (κ3) is 5.65. The Bertz CT molecular complexity index is 289. The van der Waals surface area contributed by atoms with Gasteiger partial charge in [-0.25, -0.2) is 4.79 Å². The summed E-state index contributed by atoms with van der Waals surface area (Å²) >= 11 is 0. The van der Waals surface area contributed by atoms with Crippen LogP contribution in [0.25, 0.3) is 0 Å². The lowest BCUT2D eigenvalue weighted by atomic mass is 9.78. The van der Waals surface area contributed by atoms with Gasteiger partial charge >= 0.3 is 11.9 Å². The Morgan fingerprint density at radius 3 is 1.88 bits per heavy atom. The van der Waals surface area contributed by atoms with Crippen molar-refractivity contribution in [3.05, 3.63) is 0 Å². The van der Waals surface area contributed by atoms with Gasteiger partial charge in [-0.3, -0.25) is 4.79 Å². The number of carboxylic acid groups (broad SMARTS) is 2. The van der Waals surface area contributed by atoms with Crippen LogP contribution in [-0.2, 0) is 9.59 Å². The van der Waals surface area contributed by atoms with Gasteiger partial charge in [0.25, 0.3) is 5.79 Å². The van der Waals surface area contributed by atoms with Crippen LogP contribution < -0.4 is 0 Å². The van der Waals surface area contributed by atoms with Crippen molar-refractivity contribution in [2.45, 2.75) is 45.8 Å². The van der Waals surface area contributed by atoms with Crippen LogP contribution >= 0.6 is 0 Å². The molecule has 0 aromatic heterocycles. The lowest BCUT2D eigenvalue weighted by molar-refractivity contribution is -0.226. The summed E-state index contributed by atoms with van der Waals surface area (Å²) in [6, 6.07) is 0. The van der Waals surface area contributed by atoms with Crippen molar-refractivity contribution in [1.82, 2.24) is 0 Å². The van der Waals surface area contributed by atoms with Crippen molar-refractivity contribution in [3.8, 4) is 0 Å². The molecule has 0 radical (unpaired) electrons. The maximum atomic E-state index is 10.7. The van der Waals surface area contributed by atoms with Crippen molar-refractivity contribution in [2.75, 3.05) is 0 Å². The molecule has 0 aliphatic rings. The van der Waals surface area contributed by atoms with Crippen LogP contribution in [0, 0.1) is 11.3 Å².